The molecule has 1 amide bonds. The van der Waals surface area contributed by atoms with Crippen molar-refractivity contribution in [2.24, 2.45) is 5.92 Å². The first-order chi connectivity index (χ1) is 12.2. The Morgan fingerprint density at radius 2 is 2.00 bits per heavy atom. The van der Waals surface area contributed by atoms with Gasteiger partial charge in [-0.25, -0.2) is 4.98 Å². The first-order valence-corrected chi connectivity index (χ1v) is 8.78. The molecule has 2 aromatic rings. The van der Waals surface area contributed by atoms with Crippen LogP contribution in [0.3, 0.4) is 0 Å². The van der Waals surface area contributed by atoms with Gasteiger partial charge in [-0.3, -0.25) is 4.79 Å². The molecule has 2 heterocycles. The minimum atomic E-state index is 0.0307. The summed E-state index contributed by atoms with van der Waals surface area (Å²) in [5.41, 5.74) is 2.47. The molecule has 1 aliphatic heterocycles. The third-order valence-electron chi connectivity index (χ3n) is 4.73. The summed E-state index contributed by atoms with van der Waals surface area (Å²) in [6, 6.07) is 11.6. The molecule has 1 saturated heterocycles. The van der Waals surface area contributed by atoms with E-state index < -0.39 is 0 Å². The summed E-state index contributed by atoms with van der Waals surface area (Å²) in [4.78, 5) is 18.8. The molecule has 0 bridgehead atoms. The number of anilines is 1. The van der Waals surface area contributed by atoms with E-state index in [1.807, 2.05) is 35.2 Å². The topological polar surface area (TPSA) is 54.5 Å². The van der Waals surface area contributed by atoms with Crippen molar-refractivity contribution in [3.8, 4) is 5.75 Å². The van der Waals surface area contributed by atoms with Crippen molar-refractivity contribution in [3.05, 3.63) is 53.9 Å². The minimum Gasteiger partial charge on any atom is -0.496 e. The van der Waals surface area contributed by atoms with E-state index in [9.17, 15) is 4.79 Å². The Kier molecular flexibility index (Phi) is 5.53. The van der Waals surface area contributed by atoms with E-state index in [-0.39, 0.29) is 5.91 Å². The number of hydrogen-bond acceptors (Lipinski definition) is 4. The van der Waals surface area contributed by atoms with Crippen molar-refractivity contribution in [3.63, 3.8) is 0 Å². The molecular weight excluding hydrogens is 314 g/mol. The summed E-state index contributed by atoms with van der Waals surface area (Å²) in [5.74, 6) is 1.59. The van der Waals surface area contributed by atoms with Gasteiger partial charge in [0.25, 0.3) is 5.91 Å². The van der Waals surface area contributed by atoms with E-state index >= 15 is 0 Å². The zero-order chi connectivity index (χ0) is 17.6. The number of rotatable bonds is 5. The van der Waals surface area contributed by atoms with Gasteiger partial charge in [-0.15, -0.1) is 0 Å². The van der Waals surface area contributed by atoms with Gasteiger partial charge in [0.2, 0.25) is 0 Å². The van der Waals surface area contributed by atoms with Crippen molar-refractivity contribution in [1.82, 2.24) is 9.88 Å². The van der Waals surface area contributed by atoms with Crippen molar-refractivity contribution in [2.75, 3.05) is 25.5 Å². The summed E-state index contributed by atoms with van der Waals surface area (Å²) in [6.45, 7) is 4.54. The van der Waals surface area contributed by atoms with Crippen LogP contribution in [0, 0.1) is 5.92 Å². The predicted octanol–water partition coefficient (Wildman–Crippen LogP) is 3.57. The Labute approximate surface area is 149 Å². The van der Waals surface area contributed by atoms with Crippen molar-refractivity contribution >= 4 is 11.6 Å². The average Bonchev–Trinajstić information content (AvgIpc) is 2.67. The van der Waals surface area contributed by atoms with E-state index in [4.69, 9.17) is 4.74 Å². The number of carbonyl (C=O) groups is 1. The smallest absolute Gasteiger partial charge is 0.272 e. The largest absolute Gasteiger partial charge is 0.496 e. The van der Waals surface area contributed by atoms with Crippen molar-refractivity contribution in [2.45, 2.75) is 26.3 Å². The molecular formula is C20H25N3O2. The van der Waals surface area contributed by atoms with Crippen LogP contribution in [0.2, 0.25) is 0 Å². The third kappa shape index (κ3) is 4.29. The molecule has 5 nitrogen and oxygen atoms in total. The molecule has 5 heteroatoms. The van der Waals surface area contributed by atoms with E-state index in [1.54, 1.807) is 19.4 Å². The summed E-state index contributed by atoms with van der Waals surface area (Å²) in [6.07, 6.45) is 3.86. The van der Waals surface area contributed by atoms with E-state index in [2.05, 4.69) is 17.2 Å². The Hall–Kier alpha value is -2.56. The van der Waals surface area contributed by atoms with Crippen LogP contribution in [0.15, 0.2) is 42.6 Å². The lowest BCUT2D eigenvalue weighted by Crippen LogP contribution is -2.38. The van der Waals surface area contributed by atoms with Crippen LogP contribution in [0.1, 0.15) is 35.8 Å². The fraction of sp³-hybridized carbons (Fsp3) is 0.400. The third-order valence-corrected chi connectivity index (χ3v) is 4.73. The number of pyridine rings is 1. The highest BCUT2D eigenvalue weighted by Gasteiger charge is 2.22. The maximum atomic E-state index is 12.5. The van der Waals surface area contributed by atoms with Gasteiger partial charge < -0.3 is 15.0 Å². The molecule has 1 fully saturated rings. The van der Waals surface area contributed by atoms with Gasteiger partial charge in [-0.2, -0.15) is 0 Å². The molecule has 0 atom stereocenters. The number of para-hydroxylation sites is 1. The lowest BCUT2D eigenvalue weighted by atomic mass is 9.99. The lowest BCUT2D eigenvalue weighted by Gasteiger charge is -2.30. The van der Waals surface area contributed by atoms with Gasteiger partial charge in [-0.05, 0) is 37.0 Å². The lowest BCUT2D eigenvalue weighted by molar-refractivity contribution is 0.0691. The number of likely N-dealkylation sites (tertiary alicyclic amines) is 1. The number of nitrogens with zero attached hydrogens (tertiary/aromatic N) is 2. The number of hydrogen-bond donors (Lipinski definition) is 1. The maximum absolute atomic E-state index is 12.5. The van der Waals surface area contributed by atoms with Gasteiger partial charge in [0, 0.05) is 25.2 Å². The molecule has 25 heavy (non-hydrogen) atoms. The number of ether oxygens (including phenoxy) is 1. The number of nitrogens with one attached hydrogen (secondary N) is 1. The minimum absolute atomic E-state index is 0.0307. The van der Waals surface area contributed by atoms with Crippen LogP contribution < -0.4 is 10.1 Å². The number of amides is 1. The van der Waals surface area contributed by atoms with Crippen LogP contribution in [0.25, 0.3) is 0 Å². The highest BCUT2D eigenvalue weighted by molar-refractivity contribution is 5.92. The zero-order valence-electron chi connectivity index (χ0n) is 14.9. The van der Waals surface area contributed by atoms with E-state index in [0.717, 1.165) is 42.9 Å². The van der Waals surface area contributed by atoms with E-state index in [1.165, 1.54) is 0 Å². The second kappa shape index (κ2) is 8.01. The number of carbonyl (C=O) groups excluding carboxylic acids is 1. The fourth-order valence-corrected chi connectivity index (χ4v) is 3.04. The number of benzene rings is 1. The fourth-order valence-electron chi connectivity index (χ4n) is 3.04. The SMILES string of the molecule is COc1ccccc1CNc1ccc(C(=O)N2CCC(C)CC2)nc1. The Bertz CT molecular complexity index is 707. The van der Waals surface area contributed by atoms with Gasteiger partial charge in [0.1, 0.15) is 11.4 Å². The van der Waals surface area contributed by atoms with Gasteiger partial charge in [0.05, 0.1) is 19.0 Å². The van der Waals surface area contributed by atoms with Crippen LogP contribution in [0.4, 0.5) is 5.69 Å². The number of piperidine rings is 1. The molecule has 3 rings (SSSR count). The maximum Gasteiger partial charge on any atom is 0.272 e. The quantitative estimate of drug-likeness (QED) is 0.905. The zero-order valence-corrected chi connectivity index (χ0v) is 14.9. The summed E-state index contributed by atoms with van der Waals surface area (Å²) < 4.78 is 5.35. The first-order valence-electron chi connectivity index (χ1n) is 8.78. The predicted molar refractivity (Wildman–Crippen MR) is 98.9 cm³/mol. The van der Waals surface area contributed by atoms with Crippen LogP contribution in [-0.4, -0.2) is 36.0 Å². The van der Waals surface area contributed by atoms with Crippen LogP contribution in [-0.2, 0) is 6.54 Å². The number of methoxy groups -OCH3 is 1. The molecule has 0 aliphatic carbocycles. The highest BCUT2D eigenvalue weighted by Crippen LogP contribution is 2.20. The summed E-state index contributed by atoms with van der Waals surface area (Å²) in [7, 11) is 1.67. The summed E-state index contributed by atoms with van der Waals surface area (Å²) in [5, 5.41) is 3.32. The normalized spacial score (nSPS) is 15.0. The standard InChI is InChI=1S/C20H25N3O2/c1-15-9-11-23(12-10-15)20(24)18-8-7-17(14-22-18)21-13-16-5-3-4-6-19(16)25-2/h3-8,14-15,21H,9-13H2,1-2H3. The molecule has 0 radical (unpaired) electrons. The molecule has 1 aromatic heterocycles. The molecule has 1 aliphatic rings. The van der Waals surface area contributed by atoms with E-state index in [0.29, 0.717) is 18.2 Å². The van der Waals surface area contributed by atoms with Gasteiger partial charge in [0.15, 0.2) is 0 Å². The Morgan fingerprint density at radius 3 is 2.68 bits per heavy atom. The van der Waals surface area contributed by atoms with Crippen LogP contribution in [0.5, 0.6) is 5.75 Å². The Morgan fingerprint density at radius 1 is 1.24 bits per heavy atom. The average molecular weight is 339 g/mol. The van der Waals surface area contributed by atoms with Gasteiger partial charge in [-0.1, -0.05) is 25.1 Å². The molecule has 1 N–H and O–H groups in total. The molecule has 0 unspecified atom stereocenters. The second-order valence-corrected chi connectivity index (χ2v) is 6.57. The Balaban J connectivity index is 1.59. The summed E-state index contributed by atoms with van der Waals surface area (Å²) >= 11 is 0. The van der Waals surface area contributed by atoms with Gasteiger partial charge >= 0.3 is 0 Å². The number of aromatic nitrogens is 1. The monoisotopic (exact) mass is 339 g/mol. The molecule has 0 spiro atoms. The first kappa shape index (κ1) is 17.3. The van der Waals surface area contributed by atoms with Crippen LogP contribution >= 0.6 is 0 Å². The molecule has 1 aromatic carbocycles. The van der Waals surface area contributed by atoms with Crippen molar-refractivity contribution in [1.29, 1.82) is 0 Å². The molecule has 0 saturated carbocycles. The second-order valence-electron chi connectivity index (χ2n) is 6.57. The highest BCUT2D eigenvalue weighted by atomic mass is 16.5. The van der Waals surface area contributed by atoms with Crippen molar-refractivity contribution < 1.29 is 9.53 Å². The molecule has 132 valence electrons.